The molecule has 2 aromatic carbocycles. The Morgan fingerprint density at radius 3 is 2.03 bits per heavy atom. The SMILES string of the molecule is C[C@H](Oc1ccc2c(=O)c(-c3ccc(O[C@H](C)C(=O)O)cc3)coc2c1)C(=O)O. The number of ether oxygens (including phenoxy) is 2. The van der Waals surface area contributed by atoms with Crippen molar-refractivity contribution in [3.8, 4) is 22.6 Å². The summed E-state index contributed by atoms with van der Waals surface area (Å²) in [5.41, 5.74) is 0.902. The molecule has 0 bridgehead atoms. The molecule has 0 aliphatic heterocycles. The Hall–Kier alpha value is -3.81. The second kappa shape index (κ2) is 8.05. The van der Waals surface area contributed by atoms with E-state index in [1.807, 2.05) is 0 Å². The highest BCUT2D eigenvalue weighted by Crippen LogP contribution is 2.25. The molecule has 0 aliphatic carbocycles. The fourth-order valence-electron chi connectivity index (χ4n) is 2.60. The molecule has 0 unspecified atom stereocenters. The molecule has 2 atom stereocenters. The number of hydrogen-bond donors (Lipinski definition) is 2. The summed E-state index contributed by atoms with van der Waals surface area (Å²) in [4.78, 5) is 34.6. The van der Waals surface area contributed by atoms with Gasteiger partial charge in [-0.2, -0.15) is 0 Å². The van der Waals surface area contributed by atoms with Crippen LogP contribution >= 0.6 is 0 Å². The average Bonchev–Trinajstić information content (AvgIpc) is 2.69. The Labute approximate surface area is 164 Å². The molecule has 0 saturated heterocycles. The van der Waals surface area contributed by atoms with Crippen LogP contribution in [0.3, 0.4) is 0 Å². The van der Waals surface area contributed by atoms with Gasteiger partial charge in [0.25, 0.3) is 0 Å². The van der Waals surface area contributed by atoms with E-state index in [1.54, 1.807) is 24.3 Å². The number of carboxylic acid groups (broad SMARTS) is 2. The van der Waals surface area contributed by atoms with Crippen LogP contribution in [-0.2, 0) is 9.59 Å². The van der Waals surface area contributed by atoms with Gasteiger partial charge in [0.2, 0.25) is 0 Å². The Bertz CT molecular complexity index is 1110. The highest BCUT2D eigenvalue weighted by atomic mass is 16.5. The number of hydrogen-bond acceptors (Lipinski definition) is 6. The summed E-state index contributed by atoms with van der Waals surface area (Å²) in [5, 5.41) is 18.1. The second-order valence-corrected chi connectivity index (χ2v) is 6.36. The normalized spacial score (nSPS) is 12.9. The van der Waals surface area contributed by atoms with Crippen LogP contribution in [-0.4, -0.2) is 34.4 Å². The van der Waals surface area contributed by atoms with Gasteiger partial charge in [-0.1, -0.05) is 12.1 Å². The maximum absolute atomic E-state index is 12.8. The summed E-state index contributed by atoms with van der Waals surface area (Å²) in [5.74, 6) is -1.54. The van der Waals surface area contributed by atoms with E-state index >= 15 is 0 Å². The molecule has 0 fully saturated rings. The van der Waals surface area contributed by atoms with Crippen LogP contribution < -0.4 is 14.9 Å². The Morgan fingerprint density at radius 2 is 1.45 bits per heavy atom. The molecular weight excluding hydrogens is 380 g/mol. The Kier molecular flexibility index (Phi) is 5.54. The number of aliphatic carboxylic acids is 2. The average molecular weight is 398 g/mol. The zero-order valence-electron chi connectivity index (χ0n) is 15.6. The molecule has 0 amide bonds. The first-order valence-corrected chi connectivity index (χ1v) is 8.71. The van der Waals surface area contributed by atoms with Gasteiger partial charge in [0.05, 0.1) is 10.9 Å². The van der Waals surface area contributed by atoms with Crippen LogP contribution in [0.5, 0.6) is 11.5 Å². The molecule has 2 N–H and O–H groups in total. The van der Waals surface area contributed by atoms with Gasteiger partial charge in [-0.15, -0.1) is 0 Å². The lowest BCUT2D eigenvalue weighted by molar-refractivity contribution is -0.145. The smallest absolute Gasteiger partial charge is 0.344 e. The molecule has 0 spiro atoms. The van der Waals surface area contributed by atoms with E-state index < -0.39 is 24.1 Å². The van der Waals surface area contributed by atoms with E-state index in [0.29, 0.717) is 22.3 Å². The number of rotatable bonds is 7. The number of carboxylic acids is 2. The molecule has 3 aromatic rings. The molecule has 29 heavy (non-hydrogen) atoms. The zero-order chi connectivity index (χ0) is 21.1. The second-order valence-electron chi connectivity index (χ2n) is 6.36. The summed E-state index contributed by atoms with van der Waals surface area (Å²) >= 11 is 0. The summed E-state index contributed by atoms with van der Waals surface area (Å²) in [6.45, 7) is 2.82. The van der Waals surface area contributed by atoms with E-state index in [2.05, 4.69) is 0 Å². The van der Waals surface area contributed by atoms with Crippen molar-refractivity contribution in [3.05, 3.63) is 59.0 Å². The number of benzene rings is 2. The van der Waals surface area contributed by atoms with E-state index in [9.17, 15) is 14.4 Å². The maximum Gasteiger partial charge on any atom is 0.344 e. The van der Waals surface area contributed by atoms with Crippen molar-refractivity contribution in [3.63, 3.8) is 0 Å². The first-order valence-electron chi connectivity index (χ1n) is 8.71. The summed E-state index contributed by atoms with van der Waals surface area (Å²) in [6.07, 6.45) is -0.722. The lowest BCUT2D eigenvalue weighted by atomic mass is 10.1. The Morgan fingerprint density at radius 1 is 0.897 bits per heavy atom. The van der Waals surface area contributed by atoms with Gasteiger partial charge in [0, 0.05) is 6.07 Å². The fraction of sp³-hybridized carbons (Fsp3) is 0.190. The number of fused-ring (bicyclic) bond motifs is 1. The molecule has 3 rings (SSSR count). The Balaban J connectivity index is 1.89. The van der Waals surface area contributed by atoms with Crippen molar-refractivity contribution in [2.45, 2.75) is 26.1 Å². The van der Waals surface area contributed by atoms with Crippen LogP contribution in [0.2, 0.25) is 0 Å². The largest absolute Gasteiger partial charge is 0.479 e. The van der Waals surface area contributed by atoms with Gasteiger partial charge >= 0.3 is 11.9 Å². The molecule has 1 heterocycles. The lowest BCUT2D eigenvalue weighted by Crippen LogP contribution is -2.22. The highest BCUT2D eigenvalue weighted by Gasteiger charge is 2.15. The van der Waals surface area contributed by atoms with Crippen molar-refractivity contribution in [1.82, 2.24) is 0 Å². The summed E-state index contributed by atoms with van der Waals surface area (Å²) < 4.78 is 16.1. The van der Waals surface area contributed by atoms with E-state index in [-0.39, 0.29) is 16.8 Å². The van der Waals surface area contributed by atoms with E-state index in [4.69, 9.17) is 24.1 Å². The topological polar surface area (TPSA) is 123 Å². The van der Waals surface area contributed by atoms with Crippen molar-refractivity contribution >= 4 is 22.9 Å². The molecule has 0 aliphatic rings. The van der Waals surface area contributed by atoms with Gasteiger partial charge in [-0.05, 0) is 43.7 Å². The minimum Gasteiger partial charge on any atom is -0.479 e. The summed E-state index contributed by atoms with van der Waals surface area (Å²) in [7, 11) is 0. The van der Waals surface area contributed by atoms with Crippen LogP contribution in [0.1, 0.15) is 13.8 Å². The first kappa shape index (κ1) is 19.9. The minimum absolute atomic E-state index is 0.267. The first-order chi connectivity index (χ1) is 13.8. The van der Waals surface area contributed by atoms with Gasteiger partial charge in [-0.25, -0.2) is 9.59 Å². The van der Waals surface area contributed by atoms with Gasteiger partial charge in [-0.3, -0.25) is 4.79 Å². The zero-order valence-corrected chi connectivity index (χ0v) is 15.6. The molecular formula is C21H18O8. The molecule has 8 nitrogen and oxygen atoms in total. The van der Waals surface area contributed by atoms with Crippen molar-refractivity contribution in [2.24, 2.45) is 0 Å². The standard InChI is InChI=1S/C21H18O8/c1-11(20(23)24)28-14-5-3-13(4-6-14)17-10-27-18-9-15(29-12(2)21(25)26)7-8-16(18)19(17)22/h3-12H,1-2H3,(H,23,24)(H,25,26)/t11-,12+/m1/s1. The quantitative estimate of drug-likeness (QED) is 0.622. The third-order valence-electron chi connectivity index (χ3n) is 4.23. The maximum atomic E-state index is 12.8. The summed E-state index contributed by atoms with van der Waals surface area (Å²) in [6, 6.07) is 10.9. The highest BCUT2D eigenvalue weighted by molar-refractivity contribution is 5.83. The van der Waals surface area contributed by atoms with Gasteiger partial charge in [0.15, 0.2) is 17.6 Å². The molecule has 1 aromatic heterocycles. The predicted molar refractivity (Wildman–Crippen MR) is 103 cm³/mol. The van der Waals surface area contributed by atoms with Crippen LogP contribution in [0.4, 0.5) is 0 Å². The van der Waals surface area contributed by atoms with Crippen molar-refractivity contribution in [1.29, 1.82) is 0 Å². The number of carbonyl (C=O) groups is 2. The van der Waals surface area contributed by atoms with Crippen LogP contribution in [0, 0.1) is 0 Å². The monoisotopic (exact) mass is 398 g/mol. The van der Waals surface area contributed by atoms with Crippen molar-refractivity contribution < 1.29 is 33.7 Å². The van der Waals surface area contributed by atoms with Gasteiger partial charge in [0.1, 0.15) is 23.3 Å². The van der Waals surface area contributed by atoms with Crippen molar-refractivity contribution in [2.75, 3.05) is 0 Å². The predicted octanol–water partition coefficient (Wildman–Crippen LogP) is 3.16. The molecule has 0 saturated carbocycles. The van der Waals surface area contributed by atoms with Crippen LogP contribution in [0.25, 0.3) is 22.1 Å². The molecule has 150 valence electrons. The molecule has 8 heteroatoms. The lowest BCUT2D eigenvalue weighted by Gasteiger charge is -2.11. The fourth-order valence-corrected chi connectivity index (χ4v) is 2.60. The van der Waals surface area contributed by atoms with Crippen LogP contribution in [0.15, 0.2) is 57.9 Å². The van der Waals surface area contributed by atoms with Gasteiger partial charge < -0.3 is 24.1 Å². The third kappa shape index (κ3) is 4.37. The third-order valence-corrected chi connectivity index (χ3v) is 4.23. The van der Waals surface area contributed by atoms with E-state index in [1.165, 1.54) is 38.3 Å². The molecule has 0 radical (unpaired) electrons. The van der Waals surface area contributed by atoms with E-state index in [0.717, 1.165) is 0 Å². The minimum atomic E-state index is -1.10.